The van der Waals surface area contributed by atoms with Crippen molar-refractivity contribution in [3.63, 3.8) is 0 Å². The molecule has 0 spiro atoms. The SMILES string of the molecule is CCCC(CNC(=O)CCc1ccc(C(F)(F)F)cc1)c1ccc2c(c1)OCCO2. The summed E-state index contributed by atoms with van der Waals surface area (Å²) >= 11 is 0. The molecule has 162 valence electrons. The summed E-state index contributed by atoms with van der Waals surface area (Å²) in [4.78, 5) is 12.3. The molecule has 0 radical (unpaired) electrons. The second-order valence-electron chi connectivity index (χ2n) is 7.39. The fourth-order valence-corrected chi connectivity index (χ4v) is 3.49. The zero-order chi connectivity index (χ0) is 21.6. The van der Waals surface area contributed by atoms with Crippen LogP contribution in [-0.4, -0.2) is 25.7 Å². The Kier molecular flexibility index (Phi) is 7.24. The van der Waals surface area contributed by atoms with Crippen LogP contribution in [-0.2, 0) is 17.4 Å². The Bertz CT molecular complexity index is 850. The molecule has 30 heavy (non-hydrogen) atoms. The molecule has 3 rings (SSSR count). The average molecular weight is 421 g/mol. The first-order valence-corrected chi connectivity index (χ1v) is 10.2. The summed E-state index contributed by atoms with van der Waals surface area (Å²) in [6.45, 7) is 3.66. The molecule has 4 nitrogen and oxygen atoms in total. The number of fused-ring (bicyclic) bond motifs is 1. The molecule has 1 atom stereocenters. The van der Waals surface area contributed by atoms with Crippen LogP contribution in [0.4, 0.5) is 13.2 Å². The van der Waals surface area contributed by atoms with Gasteiger partial charge in [0.1, 0.15) is 13.2 Å². The van der Waals surface area contributed by atoms with Crippen LogP contribution in [0, 0.1) is 0 Å². The van der Waals surface area contributed by atoms with Crippen molar-refractivity contribution in [2.45, 2.75) is 44.7 Å². The Labute approximate surface area is 174 Å². The number of ether oxygens (including phenoxy) is 2. The molecule has 1 amide bonds. The maximum Gasteiger partial charge on any atom is 0.416 e. The van der Waals surface area contributed by atoms with Gasteiger partial charge in [-0.25, -0.2) is 0 Å². The van der Waals surface area contributed by atoms with Crippen molar-refractivity contribution in [2.75, 3.05) is 19.8 Å². The summed E-state index contributed by atoms with van der Waals surface area (Å²) in [7, 11) is 0. The molecule has 1 aliphatic rings. The second kappa shape index (κ2) is 9.87. The number of hydrogen-bond donors (Lipinski definition) is 1. The predicted molar refractivity (Wildman–Crippen MR) is 108 cm³/mol. The molecule has 1 heterocycles. The Morgan fingerprint density at radius 2 is 1.77 bits per heavy atom. The lowest BCUT2D eigenvalue weighted by Gasteiger charge is -2.22. The third kappa shape index (κ3) is 5.90. The Balaban J connectivity index is 1.52. The van der Waals surface area contributed by atoms with Crippen molar-refractivity contribution in [3.8, 4) is 11.5 Å². The van der Waals surface area contributed by atoms with Crippen LogP contribution in [0.3, 0.4) is 0 Å². The van der Waals surface area contributed by atoms with Gasteiger partial charge in [-0.05, 0) is 48.2 Å². The van der Waals surface area contributed by atoms with Gasteiger partial charge in [-0.2, -0.15) is 13.2 Å². The minimum absolute atomic E-state index is 0.117. The maximum atomic E-state index is 12.6. The first-order valence-electron chi connectivity index (χ1n) is 10.2. The smallest absolute Gasteiger partial charge is 0.416 e. The number of nitrogens with one attached hydrogen (secondary N) is 1. The fraction of sp³-hybridized carbons (Fsp3) is 0.435. The highest BCUT2D eigenvalue weighted by atomic mass is 19.4. The summed E-state index contributed by atoms with van der Waals surface area (Å²) in [5.41, 5.74) is 1.11. The summed E-state index contributed by atoms with van der Waals surface area (Å²) in [6, 6.07) is 10.8. The molecule has 0 saturated heterocycles. The van der Waals surface area contributed by atoms with Gasteiger partial charge in [0.2, 0.25) is 5.91 Å². The molecule has 0 aliphatic carbocycles. The number of alkyl halides is 3. The van der Waals surface area contributed by atoms with E-state index >= 15 is 0 Å². The average Bonchev–Trinajstić information content (AvgIpc) is 2.74. The minimum atomic E-state index is -4.35. The quantitative estimate of drug-likeness (QED) is 0.644. The van der Waals surface area contributed by atoms with Crippen LogP contribution < -0.4 is 14.8 Å². The standard InChI is InChI=1S/C23H26F3NO3/c1-2-3-18(17-7-10-20-21(14-17)30-13-12-29-20)15-27-22(28)11-6-16-4-8-19(9-5-16)23(24,25)26/h4-5,7-10,14,18H,2-3,6,11-13,15H2,1H3,(H,27,28). The highest BCUT2D eigenvalue weighted by molar-refractivity contribution is 5.76. The number of carbonyl (C=O) groups is 1. The molecular weight excluding hydrogens is 395 g/mol. The van der Waals surface area contributed by atoms with Gasteiger partial charge < -0.3 is 14.8 Å². The third-order valence-corrected chi connectivity index (χ3v) is 5.14. The van der Waals surface area contributed by atoms with Crippen LogP contribution >= 0.6 is 0 Å². The Hall–Kier alpha value is -2.70. The first kappa shape index (κ1) is 22.0. The third-order valence-electron chi connectivity index (χ3n) is 5.14. The van der Waals surface area contributed by atoms with E-state index in [0.717, 1.165) is 42.0 Å². The lowest BCUT2D eigenvalue weighted by atomic mass is 9.94. The van der Waals surface area contributed by atoms with E-state index in [1.807, 2.05) is 18.2 Å². The van der Waals surface area contributed by atoms with Crippen LogP contribution in [0.25, 0.3) is 0 Å². The van der Waals surface area contributed by atoms with Gasteiger partial charge >= 0.3 is 6.18 Å². The largest absolute Gasteiger partial charge is 0.486 e. The molecule has 7 heteroatoms. The number of carbonyl (C=O) groups excluding carboxylic acids is 1. The van der Waals surface area contributed by atoms with Crippen LogP contribution in [0.5, 0.6) is 11.5 Å². The summed E-state index contributed by atoms with van der Waals surface area (Å²) in [5.74, 6) is 1.50. The van der Waals surface area contributed by atoms with Crippen LogP contribution in [0.15, 0.2) is 42.5 Å². The second-order valence-corrected chi connectivity index (χ2v) is 7.39. The zero-order valence-corrected chi connectivity index (χ0v) is 16.9. The molecule has 1 aliphatic heterocycles. The molecule has 1 N–H and O–H groups in total. The van der Waals surface area contributed by atoms with E-state index in [-0.39, 0.29) is 18.2 Å². The van der Waals surface area contributed by atoms with Crippen molar-refractivity contribution in [1.82, 2.24) is 5.32 Å². The molecule has 2 aromatic rings. The molecule has 0 aromatic heterocycles. The van der Waals surface area contributed by atoms with Crippen molar-refractivity contribution < 1.29 is 27.4 Å². The van der Waals surface area contributed by atoms with E-state index in [4.69, 9.17) is 9.47 Å². The fourth-order valence-electron chi connectivity index (χ4n) is 3.49. The van der Waals surface area contributed by atoms with E-state index in [1.165, 1.54) is 12.1 Å². The molecule has 0 bridgehead atoms. The van der Waals surface area contributed by atoms with Gasteiger partial charge in [0.25, 0.3) is 0 Å². The Morgan fingerprint density at radius 1 is 1.07 bits per heavy atom. The summed E-state index contributed by atoms with van der Waals surface area (Å²) in [5, 5.41) is 2.96. The molecule has 2 aromatic carbocycles. The van der Waals surface area contributed by atoms with E-state index in [2.05, 4.69) is 12.2 Å². The minimum Gasteiger partial charge on any atom is -0.486 e. The summed E-state index contributed by atoms with van der Waals surface area (Å²) in [6.07, 6.45) is -1.84. The highest BCUT2D eigenvalue weighted by Crippen LogP contribution is 2.34. The summed E-state index contributed by atoms with van der Waals surface area (Å²) < 4.78 is 49.1. The van der Waals surface area contributed by atoms with Crippen molar-refractivity contribution in [3.05, 3.63) is 59.2 Å². The normalized spacial score (nSPS) is 14.3. The predicted octanol–water partition coefficient (Wildman–Crippen LogP) is 5.11. The van der Waals surface area contributed by atoms with E-state index in [0.29, 0.717) is 31.7 Å². The number of hydrogen-bond acceptors (Lipinski definition) is 3. The lowest BCUT2D eigenvalue weighted by Crippen LogP contribution is -2.28. The van der Waals surface area contributed by atoms with Crippen LogP contribution in [0.2, 0.25) is 0 Å². The topological polar surface area (TPSA) is 47.6 Å². The zero-order valence-electron chi connectivity index (χ0n) is 16.9. The van der Waals surface area contributed by atoms with Gasteiger partial charge in [-0.3, -0.25) is 4.79 Å². The van der Waals surface area contributed by atoms with Gasteiger partial charge in [-0.15, -0.1) is 0 Å². The lowest BCUT2D eigenvalue weighted by molar-refractivity contribution is -0.137. The van der Waals surface area contributed by atoms with E-state index in [9.17, 15) is 18.0 Å². The van der Waals surface area contributed by atoms with E-state index < -0.39 is 11.7 Å². The molecule has 0 saturated carbocycles. The van der Waals surface area contributed by atoms with Crippen LogP contribution in [0.1, 0.15) is 48.8 Å². The number of aryl methyl sites for hydroxylation is 1. The Morgan fingerprint density at radius 3 is 2.43 bits per heavy atom. The van der Waals surface area contributed by atoms with E-state index in [1.54, 1.807) is 0 Å². The maximum absolute atomic E-state index is 12.6. The molecular formula is C23H26F3NO3. The molecule has 0 fully saturated rings. The number of amides is 1. The highest BCUT2D eigenvalue weighted by Gasteiger charge is 2.29. The number of benzene rings is 2. The van der Waals surface area contributed by atoms with Gasteiger partial charge in [0.05, 0.1) is 5.56 Å². The van der Waals surface area contributed by atoms with Crippen molar-refractivity contribution >= 4 is 5.91 Å². The van der Waals surface area contributed by atoms with Gasteiger partial charge in [0.15, 0.2) is 11.5 Å². The van der Waals surface area contributed by atoms with Gasteiger partial charge in [-0.1, -0.05) is 31.5 Å². The number of halogens is 3. The van der Waals surface area contributed by atoms with Crippen molar-refractivity contribution in [2.24, 2.45) is 0 Å². The first-order chi connectivity index (χ1) is 14.4. The monoisotopic (exact) mass is 421 g/mol. The molecule has 1 unspecified atom stereocenters. The van der Waals surface area contributed by atoms with Gasteiger partial charge in [0, 0.05) is 18.9 Å². The van der Waals surface area contributed by atoms with Crippen molar-refractivity contribution in [1.29, 1.82) is 0 Å². The number of rotatable bonds is 8.